The van der Waals surface area contributed by atoms with Crippen LogP contribution in [0.15, 0.2) is 12.5 Å². The van der Waals surface area contributed by atoms with E-state index in [1.54, 1.807) is 11.3 Å². The van der Waals surface area contributed by atoms with Gasteiger partial charge >= 0.3 is 0 Å². The van der Waals surface area contributed by atoms with E-state index in [4.69, 9.17) is 5.73 Å². The van der Waals surface area contributed by atoms with Crippen molar-refractivity contribution in [2.75, 3.05) is 0 Å². The van der Waals surface area contributed by atoms with Gasteiger partial charge in [0.05, 0.1) is 6.20 Å². The van der Waals surface area contributed by atoms with Crippen molar-refractivity contribution < 1.29 is 0 Å². The van der Waals surface area contributed by atoms with E-state index in [1.165, 1.54) is 15.4 Å². The Kier molecular flexibility index (Phi) is 4.70. The summed E-state index contributed by atoms with van der Waals surface area (Å²) in [6.45, 7) is 2.69. The third-order valence-electron chi connectivity index (χ3n) is 1.78. The Labute approximate surface area is 92.8 Å². The molecule has 2 rings (SSSR count). The van der Waals surface area contributed by atoms with E-state index in [9.17, 15) is 0 Å². The van der Waals surface area contributed by atoms with Crippen LogP contribution in [0.3, 0.4) is 0 Å². The molecule has 0 aliphatic heterocycles. The second kappa shape index (κ2) is 4.81. The van der Waals surface area contributed by atoms with Gasteiger partial charge in [0, 0.05) is 17.1 Å². The van der Waals surface area contributed by atoms with Crippen molar-refractivity contribution in [2.24, 2.45) is 5.73 Å². The molecule has 0 bridgehead atoms. The third-order valence-corrected chi connectivity index (χ3v) is 3.00. The molecule has 0 aliphatic rings. The van der Waals surface area contributed by atoms with Gasteiger partial charge in [0.25, 0.3) is 0 Å². The number of thiazole rings is 1. The van der Waals surface area contributed by atoms with Crippen LogP contribution in [0, 0.1) is 6.92 Å². The molecule has 13 heavy (non-hydrogen) atoms. The first-order valence-corrected chi connectivity index (χ1v) is 4.25. The Morgan fingerprint density at radius 3 is 2.77 bits per heavy atom. The summed E-state index contributed by atoms with van der Waals surface area (Å²) in [4.78, 5) is 6.44. The highest BCUT2D eigenvalue weighted by Crippen LogP contribution is 2.21. The Bertz CT molecular complexity index is 382. The second-order valence-electron chi connectivity index (χ2n) is 2.42. The van der Waals surface area contributed by atoms with Gasteiger partial charge in [0.15, 0.2) is 0 Å². The highest BCUT2D eigenvalue weighted by molar-refractivity contribution is 7.17. The maximum atomic E-state index is 5.55. The molecule has 0 saturated heterocycles. The number of imidazole rings is 1. The minimum Gasteiger partial charge on any atom is -0.326 e. The van der Waals surface area contributed by atoms with Crippen LogP contribution in [0.5, 0.6) is 0 Å². The summed E-state index contributed by atoms with van der Waals surface area (Å²) in [5.41, 5.74) is 6.76. The molecule has 3 nitrogen and oxygen atoms in total. The minimum absolute atomic E-state index is 0. The van der Waals surface area contributed by atoms with Gasteiger partial charge in [0.1, 0.15) is 11.2 Å². The second-order valence-corrected chi connectivity index (χ2v) is 3.53. The lowest BCUT2D eigenvalue weighted by Gasteiger charge is -1.91. The average molecular weight is 240 g/mol. The van der Waals surface area contributed by atoms with Crippen LogP contribution in [0.4, 0.5) is 0 Å². The van der Waals surface area contributed by atoms with E-state index in [1.807, 2.05) is 12.5 Å². The molecule has 2 aromatic rings. The zero-order valence-corrected chi connectivity index (χ0v) is 9.51. The van der Waals surface area contributed by atoms with Gasteiger partial charge in [-0.15, -0.1) is 36.2 Å². The molecule has 0 atom stereocenters. The van der Waals surface area contributed by atoms with Gasteiger partial charge in [-0.1, -0.05) is 0 Å². The number of nitrogens with zero attached hydrogens (tertiary/aromatic N) is 2. The van der Waals surface area contributed by atoms with Crippen molar-refractivity contribution in [3.8, 4) is 0 Å². The minimum atomic E-state index is 0. The Balaban J connectivity index is 0.000000720. The lowest BCUT2D eigenvalue weighted by Crippen LogP contribution is -1.96. The van der Waals surface area contributed by atoms with E-state index in [-0.39, 0.29) is 24.8 Å². The fourth-order valence-electron chi connectivity index (χ4n) is 1.13. The summed E-state index contributed by atoms with van der Waals surface area (Å²) >= 11 is 1.71. The van der Waals surface area contributed by atoms with Crippen molar-refractivity contribution in [3.05, 3.63) is 23.1 Å². The molecule has 2 N–H and O–H groups in total. The van der Waals surface area contributed by atoms with Crippen molar-refractivity contribution in [3.63, 3.8) is 0 Å². The Hall–Kier alpha value is -0.290. The summed E-state index contributed by atoms with van der Waals surface area (Å²) in [5, 5.41) is 0. The highest BCUT2D eigenvalue weighted by atomic mass is 35.5. The van der Waals surface area contributed by atoms with Crippen LogP contribution in [-0.2, 0) is 6.54 Å². The van der Waals surface area contributed by atoms with E-state index < -0.39 is 0 Å². The van der Waals surface area contributed by atoms with E-state index >= 15 is 0 Å². The number of rotatable bonds is 1. The largest absolute Gasteiger partial charge is 0.326 e. The standard InChI is InChI=1S/C7H9N3S.2ClH/c1-5-6(2-8)11-7-3-9-4-10(5)7;;/h3-4H,2,8H2,1H3;2*1H. The van der Waals surface area contributed by atoms with Crippen molar-refractivity contribution in [2.45, 2.75) is 13.5 Å². The van der Waals surface area contributed by atoms with E-state index in [0.29, 0.717) is 6.54 Å². The molecule has 6 heteroatoms. The van der Waals surface area contributed by atoms with Gasteiger partial charge < -0.3 is 5.73 Å². The van der Waals surface area contributed by atoms with Gasteiger partial charge in [-0.25, -0.2) is 4.98 Å². The smallest absolute Gasteiger partial charge is 0.119 e. The molecule has 0 saturated carbocycles. The zero-order valence-electron chi connectivity index (χ0n) is 7.06. The highest BCUT2D eigenvalue weighted by Gasteiger charge is 2.05. The Morgan fingerprint density at radius 1 is 1.54 bits per heavy atom. The topological polar surface area (TPSA) is 43.3 Å². The molecule has 0 aromatic carbocycles. The number of nitrogens with two attached hydrogens (primary N) is 1. The van der Waals surface area contributed by atoms with Crippen molar-refractivity contribution in [1.82, 2.24) is 9.38 Å². The molecule has 2 aromatic heterocycles. The summed E-state index contributed by atoms with van der Waals surface area (Å²) in [5.74, 6) is 0. The normalized spacial score (nSPS) is 9.38. The summed E-state index contributed by atoms with van der Waals surface area (Å²) < 4.78 is 2.06. The van der Waals surface area contributed by atoms with Gasteiger partial charge in [-0.2, -0.15) is 0 Å². The number of aryl methyl sites for hydroxylation is 1. The predicted octanol–water partition coefficient (Wildman–Crippen LogP) is 2.01. The van der Waals surface area contributed by atoms with Crippen molar-refractivity contribution >= 4 is 41.0 Å². The van der Waals surface area contributed by atoms with Gasteiger partial charge in [0.2, 0.25) is 0 Å². The van der Waals surface area contributed by atoms with Crippen molar-refractivity contribution in [1.29, 1.82) is 0 Å². The molecule has 0 spiro atoms. The van der Waals surface area contributed by atoms with Crippen LogP contribution in [0.1, 0.15) is 10.6 Å². The quantitative estimate of drug-likeness (QED) is 0.828. The lowest BCUT2D eigenvalue weighted by atomic mass is 10.4. The molecule has 0 radical (unpaired) electrons. The van der Waals surface area contributed by atoms with Crippen LogP contribution in [0.25, 0.3) is 4.83 Å². The van der Waals surface area contributed by atoms with Gasteiger partial charge in [-0.05, 0) is 6.92 Å². The van der Waals surface area contributed by atoms with Crippen LogP contribution in [0.2, 0.25) is 0 Å². The monoisotopic (exact) mass is 239 g/mol. The molecule has 74 valence electrons. The first-order valence-electron chi connectivity index (χ1n) is 3.43. The number of fused-ring (bicyclic) bond motifs is 1. The average Bonchev–Trinajstić information content (AvgIpc) is 2.53. The molecular formula is C7H11Cl2N3S. The molecule has 2 heterocycles. The van der Waals surface area contributed by atoms with Gasteiger partial charge in [-0.3, -0.25) is 4.40 Å². The summed E-state index contributed by atoms with van der Waals surface area (Å²) in [7, 11) is 0. The fourth-order valence-corrected chi connectivity index (χ4v) is 2.11. The fraction of sp³-hybridized carbons (Fsp3) is 0.286. The molecule has 0 unspecified atom stereocenters. The maximum Gasteiger partial charge on any atom is 0.119 e. The molecule has 0 amide bonds. The molecular weight excluding hydrogens is 229 g/mol. The summed E-state index contributed by atoms with van der Waals surface area (Å²) in [6, 6.07) is 0. The third kappa shape index (κ3) is 1.96. The van der Waals surface area contributed by atoms with E-state index in [0.717, 1.165) is 0 Å². The van der Waals surface area contributed by atoms with Crippen LogP contribution >= 0.6 is 36.2 Å². The number of hydrogen-bond acceptors (Lipinski definition) is 3. The maximum absolute atomic E-state index is 5.55. The number of halogens is 2. The molecule has 0 fully saturated rings. The number of aromatic nitrogens is 2. The van der Waals surface area contributed by atoms with Crippen LogP contribution < -0.4 is 5.73 Å². The molecule has 0 aliphatic carbocycles. The number of hydrogen-bond donors (Lipinski definition) is 1. The zero-order chi connectivity index (χ0) is 7.84. The first-order chi connectivity index (χ1) is 5.33. The lowest BCUT2D eigenvalue weighted by molar-refractivity contribution is 1.02. The van der Waals surface area contributed by atoms with E-state index in [2.05, 4.69) is 16.3 Å². The first kappa shape index (κ1) is 12.7. The predicted molar refractivity (Wildman–Crippen MR) is 60.2 cm³/mol. The summed E-state index contributed by atoms with van der Waals surface area (Å²) in [6.07, 6.45) is 3.68. The van der Waals surface area contributed by atoms with Crippen LogP contribution in [-0.4, -0.2) is 9.38 Å². The Morgan fingerprint density at radius 2 is 2.23 bits per heavy atom. The SMILES string of the molecule is Cc1c(CN)sc2cncn12.Cl.Cl.